The molecule has 0 saturated carbocycles. The highest BCUT2D eigenvalue weighted by atomic mass is 13.9. The average Bonchev–Trinajstić information content (AvgIpc) is 2.35. The van der Waals surface area contributed by atoms with Gasteiger partial charge in [-0.05, 0) is 25.7 Å². The van der Waals surface area contributed by atoms with Crippen LogP contribution in [0.1, 0.15) is 71.6 Å². The molecule has 0 spiro atoms. The zero-order valence-corrected chi connectivity index (χ0v) is 11.8. The molecule has 0 N–H and O–H groups in total. The van der Waals surface area contributed by atoms with E-state index in [-0.39, 0.29) is 0 Å². The van der Waals surface area contributed by atoms with Crippen molar-refractivity contribution in [3.63, 3.8) is 0 Å². The molecule has 0 heterocycles. The molecule has 0 fully saturated rings. The minimum Gasteiger partial charge on any atom is -0.0882 e. The van der Waals surface area contributed by atoms with E-state index in [9.17, 15) is 0 Å². The predicted octanol–water partition coefficient (Wildman–Crippen LogP) is 6.21. The highest BCUT2D eigenvalue weighted by molar-refractivity contribution is 5.04. The minimum atomic E-state index is 1.08. The number of rotatable bonds is 11. The van der Waals surface area contributed by atoms with E-state index in [4.69, 9.17) is 0 Å². The Balaban J connectivity index is 3.27. The van der Waals surface area contributed by atoms with Crippen LogP contribution in [0.15, 0.2) is 36.5 Å². The first-order chi connectivity index (χ1) is 8.41. The van der Waals surface area contributed by atoms with Gasteiger partial charge >= 0.3 is 0 Å². The standard InChI is InChI=1S/C17H30/c1-3-5-7-9-11-13-15-17-16-14-12-10-8-6-4-2/h9,11,13-16H,3-8,10,12,17H2,1-2H3/b11-9+,15-13+,16-14+. The first-order valence-corrected chi connectivity index (χ1v) is 7.38. The molecule has 0 aromatic heterocycles. The van der Waals surface area contributed by atoms with E-state index in [1.807, 2.05) is 0 Å². The van der Waals surface area contributed by atoms with E-state index in [0.29, 0.717) is 0 Å². The second-order valence-corrected chi connectivity index (χ2v) is 4.55. The molecule has 0 aliphatic heterocycles. The van der Waals surface area contributed by atoms with Gasteiger partial charge in [-0.25, -0.2) is 0 Å². The molecule has 0 aromatic carbocycles. The van der Waals surface area contributed by atoms with Crippen LogP contribution in [0.3, 0.4) is 0 Å². The van der Waals surface area contributed by atoms with Gasteiger partial charge < -0.3 is 0 Å². The molecule has 0 amide bonds. The van der Waals surface area contributed by atoms with Crippen molar-refractivity contribution in [1.82, 2.24) is 0 Å². The SMILES string of the molecule is CCCC/C=C/C=C/C/C=C/CCCCCC. The minimum absolute atomic E-state index is 1.08. The summed E-state index contributed by atoms with van der Waals surface area (Å²) in [5.74, 6) is 0. The lowest BCUT2D eigenvalue weighted by molar-refractivity contribution is 0.674. The zero-order chi connectivity index (χ0) is 12.6. The third kappa shape index (κ3) is 15.2. The highest BCUT2D eigenvalue weighted by Gasteiger charge is 1.83. The summed E-state index contributed by atoms with van der Waals surface area (Å²) in [6, 6.07) is 0. The van der Waals surface area contributed by atoms with E-state index >= 15 is 0 Å². The van der Waals surface area contributed by atoms with Crippen LogP contribution in [0.4, 0.5) is 0 Å². The maximum Gasteiger partial charge on any atom is -0.0166 e. The molecule has 0 bridgehead atoms. The Bertz CT molecular complexity index is 208. The summed E-state index contributed by atoms with van der Waals surface area (Å²) in [5, 5.41) is 0. The first kappa shape index (κ1) is 16.2. The Morgan fingerprint density at radius 1 is 0.588 bits per heavy atom. The van der Waals surface area contributed by atoms with Gasteiger partial charge in [0.25, 0.3) is 0 Å². The zero-order valence-electron chi connectivity index (χ0n) is 11.8. The molecule has 0 aliphatic rings. The second-order valence-electron chi connectivity index (χ2n) is 4.55. The number of hydrogen-bond acceptors (Lipinski definition) is 0. The summed E-state index contributed by atoms with van der Waals surface area (Å²) >= 11 is 0. The number of unbranched alkanes of at least 4 members (excludes halogenated alkanes) is 6. The fraction of sp³-hybridized carbons (Fsp3) is 0.647. The van der Waals surface area contributed by atoms with Crippen LogP contribution >= 0.6 is 0 Å². The van der Waals surface area contributed by atoms with Crippen LogP contribution in [0, 0.1) is 0 Å². The first-order valence-electron chi connectivity index (χ1n) is 7.38. The van der Waals surface area contributed by atoms with Crippen molar-refractivity contribution in [2.75, 3.05) is 0 Å². The molecule has 0 rings (SSSR count). The van der Waals surface area contributed by atoms with Crippen molar-refractivity contribution < 1.29 is 0 Å². The molecular formula is C17H30. The molecule has 98 valence electrons. The van der Waals surface area contributed by atoms with Crippen molar-refractivity contribution in [3.8, 4) is 0 Å². The third-order valence-electron chi connectivity index (χ3n) is 2.77. The van der Waals surface area contributed by atoms with E-state index < -0.39 is 0 Å². The Labute approximate surface area is 109 Å². The molecule has 0 unspecified atom stereocenters. The third-order valence-corrected chi connectivity index (χ3v) is 2.77. The largest absolute Gasteiger partial charge is 0.0882 e. The molecule has 0 aliphatic carbocycles. The van der Waals surface area contributed by atoms with Gasteiger partial charge in [0, 0.05) is 0 Å². The van der Waals surface area contributed by atoms with E-state index in [1.165, 1.54) is 51.4 Å². The Hall–Kier alpha value is -0.780. The maximum absolute atomic E-state index is 2.32. The van der Waals surface area contributed by atoms with Crippen molar-refractivity contribution in [3.05, 3.63) is 36.5 Å². The van der Waals surface area contributed by atoms with Gasteiger partial charge in [-0.1, -0.05) is 82.4 Å². The van der Waals surface area contributed by atoms with Crippen molar-refractivity contribution in [2.24, 2.45) is 0 Å². The summed E-state index contributed by atoms with van der Waals surface area (Å²) < 4.78 is 0. The Morgan fingerprint density at radius 3 is 2.06 bits per heavy atom. The normalized spacial score (nSPS) is 12.4. The average molecular weight is 234 g/mol. The molecule has 0 atom stereocenters. The molecule has 17 heavy (non-hydrogen) atoms. The summed E-state index contributed by atoms with van der Waals surface area (Å²) in [4.78, 5) is 0. The summed E-state index contributed by atoms with van der Waals surface area (Å²) in [7, 11) is 0. The monoisotopic (exact) mass is 234 g/mol. The topological polar surface area (TPSA) is 0 Å². The van der Waals surface area contributed by atoms with Gasteiger partial charge in [-0.3, -0.25) is 0 Å². The van der Waals surface area contributed by atoms with Crippen LogP contribution in [0.2, 0.25) is 0 Å². The van der Waals surface area contributed by atoms with Crippen molar-refractivity contribution in [1.29, 1.82) is 0 Å². The quantitative estimate of drug-likeness (QED) is 0.227. The second kappa shape index (κ2) is 15.2. The van der Waals surface area contributed by atoms with Crippen molar-refractivity contribution >= 4 is 0 Å². The van der Waals surface area contributed by atoms with Gasteiger partial charge in [0.2, 0.25) is 0 Å². The predicted molar refractivity (Wildman–Crippen MR) is 80.3 cm³/mol. The van der Waals surface area contributed by atoms with E-state index in [2.05, 4.69) is 50.3 Å². The number of allylic oxidation sites excluding steroid dienone is 6. The van der Waals surface area contributed by atoms with Crippen molar-refractivity contribution in [2.45, 2.75) is 71.6 Å². The molecule has 0 heteroatoms. The van der Waals surface area contributed by atoms with Gasteiger partial charge in [0.05, 0.1) is 0 Å². The molecule has 0 aromatic rings. The summed E-state index contributed by atoms with van der Waals surface area (Å²) in [5.41, 5.74) is 0. The van der Waals surface area contributed by atoms with E-state index in [0.717, 1.165) is 6.42 Å². The summed E-state index contributed by atoms with van der Waals surface area (Å²) in [6.07, 6.45) is 25.0. The van der Waals surface area contributed by atoms with Crippen LogP contribution in [-0.2, 0) is 0 Å². The van der Waals surface area contributed by atoms with Gasteiger partial charge in [0.1, 0.15) is 0 Å². The number of hydrogen-bond donors (Lipinski definition) is 0. The smallest absolute Gasteiger partial charge is 0.0166 e. The Kier molecular flexibility index (Phi) is 14.5. The highest BCUT2D eigenvalue weighted by Crippen LogP contribution is 2.03. The van der Waals surface area contributed by atoms with Gasteiger partial charge in [0.15, 0.2) is 0 Å². The Morgan fingerprint density at radius 2 is 1.29 bits per heavy atom. The van der Waals surface area contributed by atoms with Gasteiger partial charge in [-0.2, -0.15) is 0 Å². The van der Waals surface area contributed by atoms with Gasteiger partial charge in [-0.15, -0.1) is 0 Å². The lowest BCUT2D eigenvalue weighted by Crippen LogP contribution is -1.73. The fourth-order valence-corrected chi connectivity index (χ4v) is 1.64. The molecular weight excluding hydrogens is 204 g/mol. The van der Waals surface area contributed by atoms with Crippen LogP contribution in [0.5, 0.6) is 0 Å². The van der Waals surface area contributed by atoms with E-state index in [1.54, 1.807) is 0 Å². The van der Waals surface area contributed by atoms with Crippen LogP contribution in [0.25, 0.3) is 0 Å². The molecule has 0 radical (unpaired) electrons. The molecule has 0 nitrogen and oxygen atoms in total. The lowest BCUT2D eigenvalue weighted by Gasteiger charge is -1.93. The van der Waals surface area contributed by atoms with Crippen LogP contribution < -0.4 is 0 Å². The maximum atomic E-state index is 2.32. The molecule has 0 saturated heterocycles. The lowest BCUT2D eigenvalue weighted by atomic mass is 10.1. The fourth-order valence-electron chi connectivity index (χ4n) is 1.64. The summed E-state index contributed by atoms with van der Waals surface area (Å²) in [6.45, 7) is 4.49. The van der Waals surface area contributed by atoms with Crippen LogP contribution in [-0.4, -0.2) is 0 Å².